The second kappa shape index (κ2) is 8.64. The minimum absolute atomic E-state index is 0.0187. The molecule has 0 radical (unpaired) electrons. The number of esters is 1. The topological polar surface area (TPSA) is 78.7 Å². The van der Waals surface area contributed by atoms with Crippen LogP contribution in [-0.4, -0.2) is 10.9 Å². The number of carbonyl (C=O) groups is 1. The fraction of sp³-hybridized carbons (Fsp3) is 0.0455. The lowest BCUT2D eigenvalue weighted by molar-refractivity contribution is -0.384. The van der Waals surface area contributed by atoms with E-state index in [1.165, 1.54) is 24.3 Å². The maximum Gasteiger partial charge on any atom is 0.343 e. The maximum atomic E-state index is 12.5. The van der Waals surface area contributed by atoms with E-state index < -0.39 is 10.9 Å². The van der Waals surface area contributed by atoms with Crippen LogP contribution in [0.5, 0.6) is 17.2 Å². The molecule has 0 unspecified atom stereocenters. The summed E-state index contributed by atoms with van der Waals surface area (Å²) >= 11 is 0. The Morgan fingerprint density at radius 1 is 0.893 bits per heavy atom. The Kier molecular flexibility index (Phi) is 5.81. The van der Waals surface area contributed by atoms with Crippen molar-refractivity contribution in [3.63, 3.8) is 0 Å². The van der Waals surface area contributed by atoms with Gasteiger partial charge < -0.3 is 9.47 Å². The second-order valence-corrected chi connectivity index (χ2v) is 5.79. The summed E-state index contributed by atoms with van der Waals surface area (Å²) < 4.78 is 11.2. The molecule has 0 spiro atoms. The van der Waals surface area contributed by atoms with E-state index in [0.29, 0.717) is 22.8 Å². The van der Waals surface area contributed by atoms with Gasteiger partial charge in [-0.3, -0.25) is 10.1 Å². The van der Waals surface area contributed by atoms with E-state index in [1.807, 2.05) is 30.3 Å². The predicted molar refractivity (Wildman–Crippen MR) is 105 cm³/mol. The zero-order valence-electron chi connectivity index (χ0n) is 15.1. The minimum Gasteiger partial charge on any atom is -0.457 e. The van der Waals surface area contributed by atoms with Crippen LogP contribution in [-0.2, 0) is 4.79 Å². The summed E-state index contributed by atoms with van der Waals surface area (Å²) in [5, 5.41) is 10.7. The molecule has 6 nitrogen and oxygen atoms in total. The van der Waals surface area contributed by atoms with Crippen molar-refractivity contribution in [2.24, 2.45) is 0 Å². The summed E-state index contributed by atoms with van der Waals surface area (Å²) in [5.74, 6) is 0.745. The molecule has 0 N–H and O–H groups in total. The summed E-state index contributed by atoms with van der Waals surface area (Å²) in [5.41, 5.74) is 1.21. The highest BCUT2D eigenvalue weighted by Crippen LogP contribution is 2.27. The molecule has 0 amide bonds. The lowest BCUT2D eigenvalue weighted by atomic mass is 10.1. The number of nitrogens with zero attached hydrogens (tertiary/aromatic N) is 1. The first kappa shape index (κ1) is 18.8. The van der Waals surface area contributed by atoms with E-state index in [-0.39, 0.29) is 5.69 Å². The van der Waals surface area contributed by atoms with E-state index in [9.17, 15) is 14.9 Å². The van der Waals surface area contributed by atoms with Gasteiger partial charge in [-0.25, -0.2) is 4.79 Å². The van der Waals surface area contributed by atoms with Gasteiger partial charge in [-0.15, -0.1) is 0 Å². The molecule has 3 aromatic rings. The number of benzene rings is 3. The van der Waals surface area contributed by atoms with Crippen molar-refractivity contribution in [2.75, 3.05) is 0 Å². The average molecular weight is 375 g/mol. The molecule has 0 aliphatic heterocycles. The number of allylic oxidation sites excluding steroid dienone is 1. The molecule has 0 aliphatic rings. The Bertz CT molecular complexity index is 1010. The van der Waals surface area contributed by atoms with Gasteiger partial charge in [-0.05, 0) is 36.8 Å². The minimum atomic E-state index is -0.477. The van der Waals surface area contributed by atoms with Crippen molar-refractivity contribution < 1.29 is 19.2 Å². The van der Waals surface area contributed by atoms with Crippen LogP contribution in [0.4, 0.5) is 5.69 Å². The smallest absolute Gasteiger partial charge is 0.343 e. The third-order valence-electron chi connectivity index (χ3n) is 3.89. The average Bonchev–Trinajstić information content (AvgIpc) is 2.70. The molecular weight excluding hydrogens is 358 g/mol. The number of nitro groups is 1. The number of hydrogen-bond donors (Lipinski definition) is 0. The van der Waals surface area contributed by atoms with Gasteiger partial charge in [0.05, 0.1) is 10.5 Å². The van der Waals surface area contributed by atoms with E-state index >= 15 is 0 Å². The number of nitro benzene ring substituents is 1. The molecule has 6 heteroatoms. The highest BCUT2D eigenvalue weighted by atomic mass is 16.6. The molecule has 0 saturated heterocycles. The van der Waals surface area contributed by atoms with Gasteiger partial charge in [-0.2, -0.15) is 0 Å². The van der Waals surface area contributed by atoms with Crippen molar-refractivity contribution in [1.29, 1.82) is 0 Å². The molecule has 3 aromatic carbocycles. The van der Waals surface area contributed by atoms with Crippen LogP contribution in [0.1, 0.15) is 12.5 Å². The molecule has 0 fully saturated rings. The number of rotatable bonds is 6. The molecule has 3 rings (SSSR count). The molecule has 140 valence electrons. The number of ether oxygens (including phenoxy) is 2. The first-order valence-corrected chi connectivity index (χ1v) is 8.53. The lowest BCUT2D eigenvalue weighted by Crippen LogP contribution is -2.10. The number of carbonyl (C=O) groups excluding carboxylic acids is 1. The molecular formula is C22H17NO5. The zero-order valence-corrected chi connectivity index (χ0v) is 15.1. The fourth-order valence-electron chi connectivity index (χ4n) is 2.56. The highest BCUT2D eigenvalue weighted by molar-refractivity contribution is 6.17. The van der Waals surface area contributed by atoms with Crippen molar-refractivity contribution >= 4 is 17.2 Å². The number of hydrogen-bond acceptors (Lipinski definition) is 5. The Balaban J connectivity index is 1.72. The van der Waals surface area contributed by atoms with Crippen molar-refractivity contribution in [2.45, 2.75) is 6.92 Å². The summed E-state index contributed by atoms with van der Waals surface area (Å²) in [4.78, 5) is 22.8. The van der Waals surface area contributed by atoms with Crippen LogP contribution in [0.2, 0.25) is 0 Å². The molecule has 0 aliphatic carbocycles. The third kappa shape index (κ3) is 4.62. The largest absolute Gasteiger partial charge is 0.457 e. The quantitative estimate of drug-likeness (QED) is 0.190. The van der Waals surface area contributed by atoms with Crippen LogP contribution < -0.4 is 9.47 Å². The summed E-state index contributed by atoms with van der Waals surface area (Å²) in [6, 6.07) is 21.6. The summed E-state index contributed by atoms with van der Waals surface area (Å²) in [6.07, 6.45) is 1.70. The standard InChI is InChI=1S/C22H17NO5/c1-2-21(16-7-4-3-5-8-16)22(24)28-20-10-6-9-19(15-20)27-18-13-11-17(12-14-18)23(25)26/h2-15H,1H3. The van der Waals surface area contributed by atoms with Crippen LogP contribution in [0.3, 0.4) is 0 Å². The predicted octanol–water partition coefficient (Wildman–Crippen LogP) is 5.40. The molecule has 28 heavy (non-hydrogen) atoms. The first-order chi connectivity index (χ1) is 13.6. The van der Waals surface area contributed by atoms with Crippen LogP contribution in [0, 0.1) is 10.1 Å². The van der Waals surface area contributed by atoms with E-state index in [1.54, 1.807) is 37.3 Å². The first-order valence-electron chi connectivity index (χ1n) is 8.53. The van der Waals surface area contributed by atoms with Crippen molar-refractivity contribution in [1.82, 2.24) is 0 Å². The van der Waals surface area contributed by atoms with Gasteiger partial charge in [0.1, 0.15) is 17.2 Å². The lowest BCUT2D eigenvalue weighted by Gasteiger charge is -2.10. The van der Waals surface area contributed by atoms with Crippen LogP contribution in [0.25, 0.3) is 5.57 Å². The van der Waals surface area contributed by atoms with E-state index in [0.717, 1.165) is 5.56 Å². The van der Waals surface area contributed by atoms with Crippen LogP contribution in [0.15, 0.2) is 84.9 Å². The Morgan fingerprint density at radius 2 is 1.57 bits per heavy atom. The maximum absolute atomic E-state index is 12.5. The third-order valence-corrected chi connectivity index (χ3v) is 3.89. The Morgan fingerprint density at radius 3 is 2.21 bits per heavy atom. The summed E-state index contributed by atoms with van der Waals surface area (Å²) in [7, 11) is 0. The van der Waals surface area contributed by atoms with Gasteiger partial charge in [0.25, 0.3) is 5.69 Å². The Labute approximate surface area is 161 Å². The molecule has 0 atom stereocenters. The van der Waals surface area contributed by atoms with Gasteiger partial charge >= 0.3 is 5.97 Å². The second-order valence-electron chi connectivity index (χ2n) is 5.79. The van der Waals surface area contributed by atoms with Crippen molar-refractivity contribution in [3.05, 3.63) is 101 Å². The SMILES string of the molecule is CC=C(C(=O)Oc1cccc(Oc2ccc([N+](=O)[O-])cc2)c1)c1ccccc1. The molecule has 0 bridgehead atoms. The van der Waals surface area contributed by atoms with Gasteiger partial charge in [0, 0.05) is 18.2 Å². The van der Waals surface area contributed by atoms with E-state index in [4.69, 9.17) is 9.47 Å². The zero-order chi connectivity index (χ0) is 19.9. The molecule has 0 saturated carbocycles. The monoisotopic (exact) mass is 375 g/mol. The fourth-order valence-corrected chi connectivity index (χ4v) is 2.56. The van der Waals surface area contributed by atoms with Gasteiger partial charge in [-0.1, -0.05) is 42.5 Å². The van der Waals surface area contributed by atoms with Gasteiger partial charge in [0.15, 0.2) is 0 Å². The normalized spacial score (nSPS) is 11.0. The summed E-state index contributed by atoms with van der Waals surface area (Å²) in [6.45, 7) is 1.78. The van der Waals surface area contributed by atoms with Gasteiger partial charge in [0.2, 0.25) is 0 Å². The van der Waals surface area contributed by atoms with Crippen molar-refractivity contribution in [3.8, 4) is 17.2 Å². The highest BCUT2D eigenvalue weighted by Gasteiger charge is 2.14. The molecule has 0 heterocycles. The number of non-ortho nitro benzene ring substituents is 1. The Hall–Kier alpha value is -3.93. The van der Waals surface area contributed by atoms with E-state index in [2.05, 4.69) is 0 Å². The van der Waals surface area contributed by atoms with Crippen LogP contribution >= 0.6 is 0 Å². The molecule has 0 aromatic heterocycles.